The van der Waals surface area contributed by atoms with Crippen LogP contribution in [0, 0.1) is 0 Å². The van der Waals surface area contributed by atoms with Gasteiger partial charge in [0.1, 0.15) is 5.82 Å². The largest absolute Gasteiger partial charge is 0.388 e. The summed E-state index contributed by atoms with van der Waals surface area (Å²) in [4.78, 5) is 4.40. The zero-order valence-corrected chi connectivity index (χ0v) is 13.5. The van der Waals surface area contributed by atoms with Crippen molar-refractivity contribution in [1.29, 1.82) is 0 Å². The highest BCUT2D eigenvalue weighted by Crippen LogP contribution is 2.30. The number of hydrogen-bond acceptors (Lipinski definition) is 2. The summed E-state index contributed by atoms with van der Waals surface area (Å²) in [6.45, 7) is 9.63. The van der Waals surface area contributed by atoms with Crippen molar-refractivity contribution in [2.75, 3.05) is 0 Å². The predicted molar refractivity (Wildman–Crippen MR) is 86.3 cm³/mol. The van der Waals surface area contributed by atoms with Crippen LogP contribution in [0.1, 0.15) is 57.2 Å². The summed E-state index contributed by atoms with van der Waals surface area (Å²) >= 11 is 0. The number of benzene rings is 1. The van der Waals surface area contributed by atoms with Crippen molar-refractivity contribution in [3.05, 3.63) is 53.6 Å². The van der Waals surface area contributed by atoms with E-state index in [2.05, 4.69) is 43.3 Å². The van der Waals surface area contributed by atoms with Gasteiger partial charge in [-0.3, -0.25) is 0 Å². The fourth-order valence-electron chi connectivity index (χ4n) is 2.73. The van der Waals surface area contributed by atoms with Crippen LogP contribution in [0.3, 0.4) is 0 Å². The molecule has 0 aliphatic carbocycles. The normalized spacial score (nSPS) is 13.4. The van der Waals surface area contributed by atoms with Gasteiger partial charge in [-0.25, -0.2) is 4.98 Å². The topological polar surface area (TPSA) is 38.0 Å². The van der Waals surface area contributed by atoms with Gasteiger partial charge in [0.2, 0.25) is 0 Å². The molecule has 1 atom stereocenters. The minimum Gasteiger partial charge on any atom is -0.388 e. The van der Waals surface area contributed by atoms with E-state index in [9.17, 15) is 5.11 Å². The molecule has 1 aromatic heterocycles. The first-order chi connectivity index (χ1) is 9.93. The van der Waals surface area contributed by atoms with Crippen molar-refractivity contribution in [2.24, 2.45) is 0 Å². The molecule has 3 heteroatoms. The van der Waals surface area contributed by atoms with Crippen LogP contribution in [0.15, 0.2) is 36.7 Å². The third kappa shape index (κ3) is 3.73. The van der Waals surface area contributed by atoms with E-state index in [1.807, 2.05) is 30.6 Å². The molecule has 1 unspecified atom stereocenters. The Kier molecular flexibility index (Phi) is 4.84. The highest BCUT2D eigenvalue weighted by Gasteiger charge is 2.22. The second-order valence-corrected chi connectivity index (χ2v) is 6.59. The quantitative estimate of drug-likeness (QED) is 0.906. The van der Waals surface area contributed by atoms with Crippen molar-refractivity contribution in [3.8, 4) is 0 Å². The van der Waals surface area contributed by atoms with Crippen LogP contribution >= 0.6 is 0 Å². The zero-order chi connectivity index (χ0) is 15.5. The molecule has 0 amide bonds. The highest BCUT2D eigenvalue weighted by atomic mass is 16.3. The van der Waals surface area contributed by atoms with Crippen LogP contribution in [0.2, 0.25) is 0 Å². The number of aliphatic hydroxyl groups is 1. The molecule has 0 fully saturated rings. The minimum absolute atomic E-state index is 0.0242. The molecule has 21 heavy (non-hydrogen) atoms. The molecule has 0 radical (unpaired) electrons. The maximum atomic E-state index is 10.7. The average Bonchev–Trinajstić information content (AvgIpc) is 2.85. The summed E-state index contributed by atoms with van der Waals surface area (Å²) < 4.78 is 2.13. The monoisotopic (exact) mass is 286 g/mol. The SMILES string of the molecule is CCCn1ccnc1CC(O)c1ccccc1C(C)(C)C. The van der Waals surface area contributed by atoms with Crippen LogP contribution < -0.4 is 0 Å². The van der Waals surface area contributed by atoms with Gasteiger partial charge in [-0.15, -0.1) is 0 Å². The average molecular weight is 286 g/mol. The van der Waals surface area contributed by atoms with E-state index in [4.69, 9.17) is 0 Å². The lowest BCUT2D eigenvalue weighted by Gasteiger charge is -2.25. The summed E-state index contributed by atoms with van der Waals surface area (Å²) in [5.41, 5.74) is 2.23. The number of aryl methyl sites for hydroxylation is 1. The van der Waals surface area contributed by atoms with E-state index in [1.54, 1.807) is 0 Å². The van der Waals surface area contributed by atoms with Crippen molar-refractivity contribution in [2.45, 2.75) is 58.6 Å². The van der Waals surface area contributed by atoms with Crippen molar-refractivity contribution in [3.63, 3.8) is 0 Å². The maximum absolute atomic E-state index is 10.7. The molecule has 0 aliphatic heterocycles. The molecule has 0 spiro atoms. The lowest BCUT2D eigenvalue weighted by Crippen LogP contribution is -2.17. The summed E-state index contributed by atoms with van der Waals surface area (Å²) in [5.74, 6) is 0.952. The molecular weight excluding hydrogens is 260 g/mol. The van der Waals surface area contributed by atoms with Crippen LogP contribution in [-0.2, 0) is 18.4 Å². The Morgan fingerprint density at radius 1 is 1.24 bits per heavy atom. The Hall–Kier alpha value is -1.61. The number of aromatic nitrogens is 2. The summed E-state index contributed by atoms with van der Waals surface area (Å²) in [6.07, 6.45) is 4.91. The van der Waals surface area contributed by atoms with Crippen molar-refractivity contribution < 1.29 is 5.11 Å². The molecule has 0 aliphatic rings. The van der Waals surface area contributed by atoms with Gasteiger partial charge in [-0.1, -0.05) is 52.0 Å². The Morgan fingerprint density at radius 3 is 2.62 bits per heavy atom. The third-order valence-corrected chi connectivity index (χ3v) is 3.77. The molecule has 2 rings (SSSR count). The van der Waals surface area contributed by atoms with Crippen molar-refractivity contribution in [1.82, 2.24) is 9.55 Å². The van der Waals surface area contributed by atoms with Crippen molar-refractivity contribution >= 4 is 0 Å². The van der Waals surface area contributed by atoms with E-state index in [-0.39, 0.29) is 5.41 Å². The number of imidazole rings is 1. The second-order valence-electron chi connectivity index (χ2n) is 6.59. The first-order valence-corrected chi connectivity index (χ1v) is 7.71. The van der Waals surface area contributed by atoms with Gasteiger partial charge in [0, 0.05) is 25.4 Å². The summed E-state index contributed by atoms with van der Waals surface area (Å²) in [7, 11) is 0. The predicted octanol–water partition coefficient (Wildman–Crippen LogP) is 3.87. The molecule has 1 heterocycles. The van der Waals surface area contributed by atoms with Crippen LogP contribution in [0.5, 0.6) is 0 Å². The van der Waals surface area contributed by atoms with Crippen LogP contribution in [0.4, 0.5) is 0 Å². The molecule has 3 nitrogen and oxygen atoms in total. The van der Waals surface area contributed by atoms with Gasteiger partial charge in [0.25, 0.3) is 0 Å². The zero-order valence-electron chi connectivity index (χ0n) is 13.5. The van der Waals surface area contributed by atoms with Gasteiger partial charge in [0.15, 0.2) is 0 Å². The fraction of sp³-hybridized carbons (Fsp3) is 0.500. The van der Waals surface area contributed by atoms with Gasteiger partial charge in [0.05, 0.1) is 6.10 Å². The van der Waals surface area contributed by atoms with Crippen LogP contribution in [0.25, 0.3) is 0 Å². The van der Waals surface area contributed by atoms with Crippen LogP contribution in [-0.4, -0.2) is 14.7 Å². The lowest BCUT2D eigenvalue weighted by atomic mass is 9.82. The van der Waals surface area contributed by atoms with E-state index in [1.165, 1.54) is 5.56 Å². The van der Waals surface area contributed by atoms with Gasteiger partial charge >= 0.3 is 0 Å². The second kappa shape index (κ2) is 6.44. The Labute approximate surface area is 127 Å². The lowest BCUT2D eigenvalue weighted by molar-refractivity contribution is 0.172. The number of aliphatic hydroxyl groups excluding tert-OH is 1. The Morgan fingerprint density at radius 2 is 1.95 bits per heavy atom. The Bertz CT molecular complexity index is 581. The van der Waals surface area contributed by atoms with E-state index < -0.39 is 6.10 Å². The Balaban J connectivity index is 2.25. The number of rotatable bonds is 5. The molecule has 0 bridgehead atoms. The summed E-state index contributed by atoms with van der Waals surface area (Å²) in [5, 5.41) is 10.7. The molecule has 1 aromatic carbocycles. The molecule has 114 valence electrons. The van der Waals surface area contributed by atoms with E-state index >= 15 is 0 Å². The maximum Gasteiger partial charge on any atom is 0.111 e. The first kappa shape index (κ1) is 15.8. The highest BCUT2D eigenvalue weighted by molar-refractivity contribution is 5.34. The molecule has 0 saturated heterocycles. The third-order valence-electron chi connectivity index (χ3n) is 3.77. The van der Waals surface area contributed by atoms with Gasteiger partial charge in [-0.2, -0.15) is 0 Å². The molecular formula is C18H26N2O. The van der Waals surface area contributed by atoms with Gasteiger partial charge in [-0.05, 0) is 23.0 Å². The molecule has 1 N–H and O–H groups in total. The minimum atomic E-state index is -0.515. The fourth-order valence-corrected chi connectivity index (χ4v) is 2.73. The standard InChI is InChI=1S/C18H26N2O/c1-5-11-20-12-10-19-17(20)13-16(21)14-8-6-7-9-15(14)18(2,3)4/h6-10,12,16,21H,5,11,13H2,1-4H3. The van der Waals surface area contributed by atoms with Gasteiger partial charge < -0.3 is 9.67 Å². The number of hydrogen-bond donors (Lipinski definition) is 1. The number of nitrogens with zero attached hydrogens (tertiary/aromatic N) is 2. The summed E-state index contributed by atoms with van der Waals surface area (Å²) in [6, 6.07) is 8.16. The smallest absolute Gasteiger partial charge is 0.111 e. The molecule has 2 aromatic rings. The molecule has 0 saturated carbocycles. The van der Waals surface area contributed by atoms with E-state index in [0.29, 0.717) is 6.42 Å². The van der Waals surface area contributed by atoms with E-state index in [0.717, 1.165) is 24.4 Å². The first-order valence-electron chi connectivity index (χ1n) is 7.71.